The summed E-state index contributed by atoms with van der Waals surface area (Å²) in [5, 5.41) is 2.38. The Labute approximate surface area is 112 Å². The number of hydrogen-bond donors (Lipinski definition) is 3. The fraction of sp³-hybridized carbons (Fsp3) is 0.385. The third-order valence-corrected chi connectivity index (χ3v) is 2.14. The van der Waals surface area contributed by atoms with Crippen LogP contribution in [-0.4, -0.2) is 17.5 Å². The number of rotatable bonds is 4. The van der Waals surface area contributed by atoms with Crippen molar-refractivity contribution in [3.05, 3.63) is 35.9 Å². The Bertz CT molecular complexity index is 440. The molecular weight excluding hydrogens is 246 g/mol. The van der Waals surface area contributed by atoms with Gasteiger partial charge in [-0.15, -0.1) is 0 Å². The van der Waals surface area contributed by atoms with E-state index in [1.165, 1.54) is 0 Å². The number of carbonyl (C=O) groups is 2. The molecule has 6 nitrogen and oxygen atoms in total. The first-order chi connectivity index (χ1) is 8.79. The highest BCUT2D eigenvalue weighted by atomic mass is 16.7. The quantitative estimate of drug-likeness (QED) is 0.715. The fourth-order valence-electron chi connectivity index (χ4n) is 1.35. The molecule has 0 radical (unpaired) electrons. The molecule has 1 aromatic rings. The third-order valence-electron chi connectivity index (χ3n) is 2.14. The molecule has 0 aliphatic rings. The Morgan fingerprint density at radius 1 is 1.21 bits per heavy atom. The number of nitrogens with two attached hydrogens (primary N) is 1. The van der Waals surface area contributed by atoms with Gasteiger partial charge in [0.2, 0.25) is 0 Å². The molecule has 19 heavy (non-hydrogen) atoms. The van der Waals surface area contributed by atoms with E-state index in [2.05, 4.69) is 10.8 Å². The highest BCUT2D eigenvalue weighted by Gasteiger charge is 2.23. The maximum Gasteiger partial charge on any atom is 0.313 e. The number of hydroxylamine groups is 1. The van der Waals surface area contributed by atoms with Crippen molar-refractivity contribution in [3.8, 4) is 0 Å². The van der Waals surface area contributed by atoms with E-state index in [1.54, 1.807) is 45.0 Å². The zero-order chi connectivity index (χ0) is 14.5. The van der Waals surface area contributed by atoms with Crippen molar-refractivity contribution >= 4 is 11.9 Å². The molecule has 0 aliphatic heterocycles. The summed E-state index contributed by atoms with van der Waals surface area (Å²) in [6, 6.07) is 7.12. The van der Waals surface area contributed by atoms with Crippen LogP contribution in [0.2, 0.25) is 0 Å². The maximum atomic E-state index is 12.0. The molecule has 0 heterocycles. The lowest BCUT2D eigenvalue weighted by Crippen LogP contribution is -2.44. The van der Waals surface area contributed by atoms with Crippen molar-refractivity contribution < 1.29 is 14.4 Å². The minimum absolute atomic E-state index is 0.486. The molecule has 0 saturated heterocycles. The molecule has 1 rings (SSSR count). The molecule has 0 aromatic heterocycles. The largest absolute Gasteiger partial charge is 0.352 e. The molecule has 0 bridgehead atoms. The van der Waals surface area contributed by atoms with Gasteiger partial charge in [0.15, 0.2) is 0 Å². The summed E-state index contributed by atoms with van der Waals surface area (Å²) in [7, 11) is 0. The number of amides is 3. The predicted octanol–water partition coefficient (Wildman–Crippen LogP) is 1.24. The zero-order valence-electron chi connectivity index (χ0n) is 11.3. The van der Waals surface area contributed by atoms with E-state index < -0.39 is 23.6 Å². The fourth-order valence-corrected chi connectivity index (χ4v) is 1.35. The molecule has 0 aliphatic carbocycles. The Morgan fingerprint density at radius 2 is 1.79 bits per heavy atom. The second-order valence-electron chi connectivity index (χ2n) is 5.03. The second kappa shape index (κ2) is 6.19. The van der Waals surface area contributed by atoms with Crippen LogP contribution >= 0.6 is 0 Å². The summed E-state index contributed by atoms with van der Waals surface area (Å²) in [5.74, 6) is -0.486. The monoisotopic (exact) mass is 265 g/mol. The Hall–Kier alpha value is -2.08. The van der Waals surface area contributed by atoms with E-state index in [0.717, 1.165) is 0 Å². The minimum atomic E-state index is -0.888. The van der Waals surface area contributed by atoms with E-state index >= 15 is 0 Å². The van der Waals surface area contributed by atoms with Crippen LogP contribution in [0.15, 0.2) is 30.3 Å². The average Bonchev–Trinajstić information content (AvgIpc) is 2.33. The molecule has 0 spiro atoms. The van der Waals surface area contributed by atoms with Crippen LogP contribution in [0.25, 0.3) is 0 Å². The summed E-state index contributed by atoms with van der Waals surface area (Å²) >= 11 is 0. The molecular formula is C13H19N3O3. The topological polar surface area (TPSA) is 93.4 Å². The Kier molecular flexibility index (Phi) is 4.88. The SMILES string of the molecule is CC(C)(C)ONC(=O)C(NC(N)=O)c1ccccc1. The van der Waals surface area contributed by atoms with Crippen LogP contribution in [-0.2, 0) is 9.63 Å². The van der Waals surface area contributed by atoms with Crippen LogP contribution in [0, 0.1) is 0 Å². The molecule has 0 saturated carbocycles. The first-order valence-electron chi connectivity index (χ1n) is 5.88. The van der Waals surface area contributed by atoms with Gasteiger partial charge >= 0.3 is 6.03 Å². The standard InChI is InChI=1S/C13H19N3O3/c1-13(2,3)19-16-11(17)10(15-12(14)18)9-7-5-4-6-8-9/h4-8,10H,1-3H3,(H,16,17)(H3,14,15,18). The van der Waals surface area contributed by atoms with Gasteiger partial charge in [0, 0.05) is 0 Å². The highest BCUT2D eigenvalue weighted by Crippen LogP contribution is 2.13. The van der Waals surface area contributed by atoms with Crippen LogP contribution in [0.5, 0.6) is 0 Å². The number of nitrogens with one attached hydrogen (secondary N) is 2. The number of benzene rings is 1. The smallest absolute Gasteiger partial charge is 0.313 e. The van der Waals surface area contributed by atoms with Gasteiger partial charge in [0.1, 0.15) is 6.04 Å². The third kappa shape index (κ3) is 5.39. The molecule has 1 aromatic carbocycles. The second-order valence-corrected chi connectivity index (χ2v) is 5.03. The summed E-state index contributed by atoms with van der Waals surface area (Å²) < 4.78 is 0. The summed E-state index contributed by atoms with van der Waals surface area (Å²) in [6.07, 6.45) is 0. The molecule has 1 atom stereocenters. The van der Waals surface area contributed by atoms with Gasteiger partial charge < -0.3 is 11.1 Å². The normalized spacial score (nSPS) is 12.6. The van der Waals surface area contributed by atoms with Gasteiger partial charge in [-0.05, 0) is 26.3 Å². The van der Waals surface area contributed by atoms with Crippen molar-refractivity contribution in [2.45, 2.75) is 32.4 Å². The molecule has 1 unspecified atom stereocenters. The zero-order valence-corrected chi connectivity index (χ0v) is 11.3. The first-order valence-corrected chi connectivity index (χ1v) is 5.88. The summed E-state index contributed by atoms with van der Waals surface area (Å²) in [6.45, 7) is 5.39. The van der Waals surface area contributed by atoms with E-state index in [-0.39, 0.29) is 0 Å². The predicted molar refractivity (Wildman–Crippen MR) is 70.9 cm³/mol. The average molecular weight is 265 g/mol. The van der Waals surface area contributed by atoms with Crippen LogP contribution in [0.3, 0.4) is 0 Å². The first kappa shape index (κ1) is 15.0. The van der Waals surface area contributed by atoms with E-state index in [4.69, 9.17) is 10.6 Å². The van der Waals surface area contributed by atoms with Crippen LogP contribution < -0.4 is 16.5 Å². The van der Waals surface area contributed by atoms with Crippen LogP contribution in [0.1, 0.15) is 32.4 Å². The minimum Gasteiger partial charge on any atom is -0.352 e. The summed E-state index contributed by atoms with van der Waals surface area (Å²) in [4.78, 5) is 28.2. The molecule has 104 valence electrons. The van der Waals surface area contributed by atoms with Gasteiger partial charge in [-0.2, -0.15) is 0 Å². The van der Waals surface area contributed by atoms with Crippen molar-refractivity contribution in [2.75, 3.05) is 0 Å². The lowest BCUT2D eigenvalue weighted by Gasteiger charge is -2.22. The van der Waals surface area contributed by atoms with Crippen molar-refractivity contribution in [1.29, 1.82) is 0 Å². The Balaban J connectivity index is 2.80. The molecule has 3 amide bonds. The number of carbonyl (C=O) groups excluding carboxylic acids is 2. The van der Waals surface area contributed by atoms with E-state index in [9.17, 15) is 9.59 Å². The summed E-state index contributed by atoms with van der Waals surface area (Å²) in [5.41, 5.74) is 7.49. The lowest BCUT2D eigenvalue weighted by atomic mass is 10.1. The van der Waals surface area contributed by atoms with E-state index in [0.29, 0.717) is 5.56 Å². The van der Waals surface area contributed by atoms with Gasteiger partial charge in [-0.3, -0.25) is 9.63 Å². The van der Waals surface area contributed by atoms with Gasteiger partial charge in [0.25, 0.3) is 5.91 Å². The van der Waals surface area contributed by atoms with E-state index in [1.807, 2.05) is 6.07 Å². The number of primary amides is 1. The van der Waals surface area contributed by atoms with Crippen LogP contribution in [0.4, 0.5) is 4.79 Å². The van der Waals surface area contributed by atoms with Gasteiger partial charge in [0.05, 0.1) is 5.60 Å². The lowest BCUT2D eigenvalue weighted by molar-refractivity contribution is -0.147. The Morgan fingerprint density at radius 3 is 2.26 bits per heavy atom. The van der Waals surface area contributed by atoms with Crippen molar-refractivity contribution in [3.63, 3.8) is 0 Å². The van der Waals surface area contributed by atoms with Crippen molar-refractivity contribution in [1.82, 2.24) is 10.8 Å². The molecule has 6 heteroatoms. The number of urea groups is 1. The molecule has 4 N–H and O–H groups in total. The van der Waals surface area contributed by atoms with Gasteiger partial charge in [-0.25, -0.2) is 10.3 Å². The maximum absolute atomic E-state index is 12.0. The highest BCUT2D eigenvalue weighted by molar-refractivity contribution is 5.87. The number of hydrogen-bond acceptors (Lipinski definition) is 3. The van der Waals surface area contributed by atoms with Gasteiger partial charge in [-0.1, -0.05) is 30.3 Å². The molecule has 0 fully saturated rings. The van der Waals surface area contributed by atoms with Crippen molar-refractivity contribution in [2.24, 2.45) is 5.73 Å².